The molecule has 0 bridgehead atoms. The minimum Gasteiger partial charge on any atom is -0.487 e. The van der Waals surface area contributed by atoms with Gasteiger partial charge in [-0.3, -0.25) is 4.98 Å². The summed E-state index contributed by atoms with van der Waals surface area (Å²) in [5.41, 5.74) is 1.61. The molecule has 1 aliphatic carbocycles. The molecule has 2 heterocycles. The molecule has 0 radical (unpaired) electrons. The molecular formula is C27H38N4O5S. The Kier molecular flexibility index (Phi) is 8.71. The Morgan fingerprint density at radius 2 is 2.00 bits per heavy atom. The molecule has 2 aromatic rings. The van der Waals surface area contributed by atoms with Gasteiger partial charge in [0.1, 0.15) is 16.7 Å². The summed E-state index contributed by atoms with van der Waals surface area (Å²) in [7, 11) is -2.19. The number of ether oxygens (including phenoxy) is 1. The van der Waals surface area contributed by atoms with Crippen LogP contribution in [0, 0.1) is 5.92 Å². The van der Waals surface area contributed by atoms with Crippen LogP contribution in [0.1, 0.15) is 46.0 Å². The molecule has 10 heteroatoms. The van der Waals surface area contributed by atoms with Crippen molar-refractivity contribution in [2.24, 2.45) is 5.92 Å². The Balaban J connectivity index is 1.65. The van der Waals surface area contributed by atoms with Crippen molar-refractivity contribution in [3.8, 4) is 16.9 Å². The van der Waals surface area contributed by atoms with Crippen LogP contribution in [-0.4, -0.2) is 78.7 Å². The van der Waals surface area contributed by atoms with Crippen LogP contribution in [0.4, 0.5) is 4.79 Å². The van der Waals surface area contributed by atoms with Gasteiger partial charge in [0.25, 0.3) is 0 Å². The zero-order valence-corrected chi connectivity index (χ0v) is 22.7. The van der Waals surface area contributed by atoms with Crippen molar-refractivity contribution >= 4 is 16.1 Å². The first-order valence-corrected chi connectivity index (χ1v) is 14.5. The Labute approximate surface area is 219 Å². The number of rotatable bonds is 6. The van der Waals surface area contributed by atoms with Gasteiger partial charge in [-0.15, -0.1) is 0 Å². The largest absolute Gasteiger partial charge is 0.487 e. The average Bonchev–Trinajstić information content (AvgIpc) is 2.91. The summed E-state index contributed by atoms with van der Waals surface area (Å²) in [6.07, 6.45) is 8.37. The number of carbonyl (C=O) groups is 1. The molecule has 4 rings (SSSR count). The van der Waals surface area contributed by atoms with Crippen LogP contribution >= 0.6 is 0 Å². The summed E-state index contributed by atoms with van der Waals surface area (Å²) in [6.45, 7) is 3.76. The number of carbonyl (C=O) groups excluding carboxylic acids is 1. The van der Waals surface area contributed by atoms with Crippen LogP contribution in [0.2, 0.25) is 0 Å². The standard InChI is InChI=1S/C27H38N4O5S/c1-19-16-31(20(2)18-32)37(34,35)26-12-11-21(22-8-7-13-28-15-22)14-24(26)36-25(19)17-30(3)27(33)29-23-9-5-4-6-10-23/h7-8,11-15,19-20,23,25,32H,4-6,9-10,16-18H2,1-3H3,(H,29,33)/t19-,20-,25+/m0/s1. The van der Waals surface area contributed by atoms with Crippen LogP contribution in [0.3, 0.4) is 0 Å². The second-order valence-electron chi connectivity index (χ2n) is 10.3. The molecule has 202 valence electrons. The number of urea groups is 1. The molecule has 1 aromatic carbocycles. The maximum Gasteiger partial charge on any atom is 0.317 e. The molecule has 1 aliphatic heterocycles. The first kappa shape index (κ1) is 27.3. The Morgan fingerprint density at radius 3 is 2.68 bits per heavy atom. The average molecular weight is 531 g/mol. The van der Waals surface area contributed by atoms with E-state index in [9.17, 15) is 18.3 Å². The lowest BCUT2D eigenvalue weighted by Gasteiger charge is -2.38. The van der Waals surface area contributed by atoms with Gasteiger partial charge in [-0.25, -0.2) is 13.2 Å². The number of pyridine rings is 1. The number of nitrogens with zero attached hydrogens (tertiary/aromatic N) is 3. The lowest BCUT2D eigenvalue weighted by Crippen LogP contribution is -2.52. The van der Waals surface area contributed by atoms with Crippen molar-refractivity contribution in [3.05, 3.63) is 42.7 Å². The summed E-state index contributed by atoms with van der Waals surface area (Å²) in [6, 6.07) is 8.16. The fourth-order valence-electron chi connectivity index (χ4n) is 5.04. The minimum atomic E-state index is -3.93. The Hall–Kier alpha value is -2.69. The molecular weight excluding hydrogens is 492 g/mol. The number of aliphatic hydroxyl groups excluding tert-OH is 1. The van der Waals surface area contributed by atoms with Gasteiger partial charge in [0.05, 0.1) is 13.2 Å². The van der Waals surface area contributed by atoms with Gasteiger partial charge in [-0.1, -0.05) is 38.3 Å². The molecule has 3 atom stereocenters. The van der Waals surface area contributed by atoms with E-state index < -0.39 is 22.2 Å². The van der Waals surface area contributed by atoms with E-state index in [0.717, 1.165) is 36.8 Å². The van der Waals surface area contributed by atoms with Crippen LogP contribution in [0.15, 0.2) is 47.6 Å². The molecule has 0 spiro atoms. The molecule has 0 saturated heterocycles. The maximum absolute atomic E-state index is 13.7. The van der Waals surface area contributed by atoms with Gasteiger partial charge < -0.3 is 20.1 Å². The van der Waals surface area contributed by atoms with E-state index in [-0.39, 0.29) is 48.3 Å². The molecule has 9 nitrogen and oxygen atoms in total. The summed E-state index contributed by atoms with van der Waals surface area (Å²) < 4.78 is 35.1. The number of likely N-dealkylation sites (N-methyl/N-ethyl adjacent to an activating group) is 1. The number of nitrogens with one attached hydrogen (secondary N) is 1. The fourth-order valence-corrected chi connectivity index (χ4v) is 6.87. The van der Waals surface area contributed by atoms with Crippen molar-refractivity contribution in [1.29, 1.82) is 0 Å². The molecule has 2 N–H and O–H groups in total. The summed E-state index contributed by atoms with van der Waals surface area (Å²) in [4.78, 5) is 18.8. The molecule has 2 amide bonds. The molecule has 1 aromatic heterocycles. The number of sulfonamides is 1. The minimum absolute atomic E-state index is 0.0478. The van der Waals surface area contributed by atoms with Crippen molar-refractivity contribution in [1.82, 2.24) is 19.5 Å². The predicted octanol–water partition coefficient (Wildman–Crippen LogP) is 3.49. The van der Waals surface area contributed by atoms with E-state index in [0.29, 0.717) is 0 Å². The Morgan fingerprint density at radius 1 is 1.24 bits per heavy atom. The highest BCUT2D eigenvalue weighted by molar-refractivity contribution is 7.89. The number of hydrogen-bond acceptors (Lipinski definition) is 6. The van der Waals surface area contributed by atoms with Gasteiger partial charge in [0, 0.05) is 49.6 Å². The SMILES string of the molecule is C[C@H]1CN([C@@H](C)CO)S(=O)(=O)c2ccc(-c3cccnc3)cc2O[C@@H]1CN(C)C(=O)NC1CCCCC1. The molecule has 0 unspecified atom stereocenters. The number of benzene rings is 1. The number of fused-ring (bicyclic) bond motifs is 1. The van der Waals surface area contributed by atoms with Crippen LogP contribution < -0.4 is 10.1 Å². The van der Waals surface area contributed by atoms with E-state index in [1.165, 1.54) is 10.7 Å². The zero-order chi connectivity index (χ0) is 26.6. The first-order chi connectivity index (χ1) is 17.7. The smallest absolute Gasteiger partial charge is 0.317 e. The number of aliphatic hydroxyl groups is 1. The monoisotopic (exact) mass is 530 g/mol. The summed E-state index contributed by atoms with van der Waals surface area (Å²) >= 11 is 0. The van der Waals surface area contributed by atoms with E-state index in [4.69, 9.17) is 4.74 Å². The summed E-state index contributed by atoms with van der Waals surface area (Å²) in [5, 5.41) is 13.0. The van der Waals surface area contributed by atoms with Crippen molar-refractivity contribution in [3.63, 3.8) is 0 Å². The second-order valence-corrected chi connectivity index (χ2v) is 12.2. The first-order valence-electron chi connectivity index (χ1n) is 13.1. The third kappa shape index (κ3) is 6.25. The normalized spacial score (nSPS) is 23.1. The Bertz CT molecular complexity index is 1170. The van der Waals surface area contributed by atoms with Crippen molar-refractivity contribution < 1.29 is 23.1 Å². The van der Waals surface area contributed by atoms with Crippen LogP contribution in [0.5, 0.6) is 5.75 Å². The molecule has 2 aliphatic rings. The maximum atomic E-state index is 13.7. The van der Waals surface area contributed by atoms with E-state index in [1.54, 1.807) is 49.5 Å². The quantitative estimate of drug-likeness (QED) is 0.591. The number of aromatic nitrogens is 1. The van der Waals surface area contributed by atoms with Gasteiger partial charge in [0.2, 0.25) is 10.0 Å². The van der Waals surface area contributed by atoms with E-state index >= 15 is 0 Å². The van der Waals surface area contributed by atoms with Gasteiger partial charge in [-0.2, -0.15) is 4.31 Å². The highest BCUT2D eigenvalue weighted by atomic mass is 32.2. The zero-order valence-electron chi connectivity index (χ0n) is 21.8. The van der Waals surface area contributed by atoms with Crippen LogP contribution in [0.25, 0.3) is 11.1 Å². The topological polar surface area (TPSA) is 112 Å². The van der Waals surface area contributed by atoms with E-state index in [1.807, 2.05) is 19.1 Å². The second kappa shape index (κ2) is 11.8. The number of amides is 2. The predicted molar refractivity (Wildman–Crippen MR) is 142 cm³/mol. The summed E-state index contributed by atoms with van der Waals surface area (Å²) in [5.74, 6) is -0.0157. The van der Waals surface area contributed by atoms with Gasteiger partial charge >= 0.3 is 6.03 Å². The fraction of sp³-hybridized carbons (Fsp3) is 0.556. The van der Waals surface area contributed by atoms with Gasteiger partial charge in [-0.05, 0) is 43.5 Å². The van der Waals surface area contributed by atoms with Crippen molar-refractivity contribution in [2.45, 2.75) is 69.0 Å². The van der Waals surface area contributed by atoms with Gasteiger partial charge in [0.15, 0.2) is 0 Å². The molecule has 1 fully saturated rings. The molecule has 1 saturated carbocycles. The van der Waals surface area contributed by atoms with Crippen LogP contribution in [-0.2, 0) is 10.0 Å². The lowest BCUT2D eigenvalue weighted by atomic mass is 9.96. The highest BCUT2D eigenvalue weighted by Gasteiger charge is 2.38. The number of hydrogen-bond donors (Lipinski definition) is 2. The third-order valence-electron chi connectivity index (χ3n) is 7.40. The van der Waals surface area contributed by atoms with E-state index in [2.05, 4.69) is 10.3 Å². The third-order valence-corrected chi connectivity index (χ3v) is 9.41. The highest BCUT2D eigenvalue weighted by Crippen LogP contribution is 2.36. The lowest BCUT2D eigenvalue weighted by molar-refractivity contribution is 0.0806. The van der Waals surface area contributed by atoms with Crippen molar-refractivity contribution in [2.75, 3.05) is 26.7 Å². The molecule has 37 heavy (non-hydrogen) atoms.